The van der Waals surface area contributed by atoms with Crippen LogP contribution in [0.4, 0.5) is 20.2 Å². The number of aliphatic hydroxyl groups is 1. The molecule has 1 saturated heterocycles. The van der Waals surface area contributed by atoms with Crippen LogP contribution in [0, 0.1) is 24.0 Å². The van der Waals surface area contributed by atoms with Gasteiger partial charge in [-0.05, 0) is 50.6 Å². The maximum atomic E-state index is 16.8. The lowest BCUT2D eigenvalue weighted by atomic mass is 9.96. The highest BCUT2D eigenvalue weighted by Gasteiger charge is 2.42. The quantitative estimate of drug-likeness (QED) is 0.295. The summed E-state index contributed by atoms with van der Waals surface area (Å²) in [5.74, 6) is -2.99. The summed E-state index contributed by atoms with van der Waals surface area (Å²) in [6.45, 7) is 9.11. The molecule has 0 saturated carbocycles. The van der Waals surface area contributed by atoms with E-state index in [9.17, 15) is 20.4 Å². The summed E-state index contributed by atoms with van der Waals surface area (Å²) < 4.78 is 38.1. The van der Waals surface area contributed by atoms with E-state index in [1.54, 1.807) is 22.8 Å². The molecule has 1 fully saturated rings. The van der Waals surface area contributed by atoms with Crippen molar-refractivity contribution in [3.8, 4) is 22.6 Å². The van der Waals surface area contributed by atoms with Crippen molar-refractivity contribution in [3.05, 3.63) is 76.6 Å². The molecule has 2 aliphatic heterocycles. The number of pyridine rings is 1. The smallest absolute Gasteiger partial charge is 0.246 e. The molecule has 1 amide bonds. The topological polar surface area (TPSA) is 122 Å². The number of anilines is 2. The zero-order valence-corrected chi connectivity index (χ0v) is 24.0. The number of aliphatic hydroxyl groups excluding tert-OH is 1. The number of halogens is 3. The highest BCUT2D eigenvalue weighted by molar-refractivity contribution is 6.36. The van der Waals surface area contributed by atoms with Gasteiger partial charge in [-0.2, -0.15) is 0 Å². The van der Waals surface area contributed by atoms with Crippen LogP contribution < -0.4 is 10.1 Å². The standard InChI is InChI=1S/C30H30ClF2N5O4/c1-5-20(41)37-11-15(3)38-17(12-37)13-42-29-23(30(38)34)28(36-26-14(2)9-10-35-27(26)16(4)39)25(33)22(24(29)31)21-18(32)7-6-8-19(21)40/h5-10,15-17,34,36,39-40H,1,11-13H2,2-4H3. The Morgan fingerprint density at radius 2 is 2.00 bits per heavy atom. The number of nitrogens with zero attached hydrogens (tertiary/aromatic N) is 3. The molecule has 4 N–H and O–H groups in total. The van der Waals surface area contributed by atoms with Crippen LogP contribution >= 0.6 is 11.6 Å². The first kappa shape index (κ1) is 29.3. The molecule has 0 radical (unpaired) electrons. The molecule has 2 aromatic carbocycles. The Labute approximate surface area is 246 Å². The number of aromatic hydroxyl groups is 1. The minimum atomic E-state index is -1.04. The lowest BCUT2D eigenvalue weighted by molar-refractivity contribution is -0.129. The summed E-state index contributed by atoms with van der Waals surface area (Å²) in [5.41, 5.74) is -0.124. The number of phenols is 1. The number of nitrogens with one attached hydrogen (secondary N) is 2. The number of aromatic nitrogens is 1. The monoisotopic (exact) mass is 597 g/mol. The van der Waals surface area contributed by atoms with Crippen molar-refractivity contribution in [1.82, 2.24) is 14.8 Å². The summed E-state index contributed by atoms with van der Waals surface area (Å²) in [7, 11) is 0. The van der Waals surface area contributed by atoms with Gasteiger partial charge in [0.15, 0.2) is 11.6 Å². The Morgan fingerprint density at radius 3 is 2.67 bits per heavy atom. The van der Waals surface area contributed by atoms with Crippen LogP contribution in [0.15, 0.2) is 43.1 Å². The maximum absolute atomic E-state index is 16.8. The van der Waals surface area contributed by atoms with E-state index in [0.29, 0.717) is 5.56 Å². The van der Waals surface area contributed by atoms with E-state index in [0.717, 1.165) is 6.07 Å². The van der Waals surface area contributed by atoms with Crippen molar-refractivity contribution in [2.75, 3.05) is 25.0 Å². The highest BCUT2D eigenvalue weighted by Crippen LogP contribution is 2.50. The van der Waals surface area contributed by atoms with Gasteiger partial charge in [-0.25, -0.2) is 8.78 Å². The second-order valence-corrected chi connectivity index (χ2v) is 10.8. The Balaban J connectivity index is 1.77. The van der Waals surface area contributed by atoms with E-state index in [4.69, 9.17) is 16.3 Å². The maximum Gasteiger partial charge on any atom is 0.246 e. The summed E-state index contributed by atoms with van der Waals surface area (Å²) in [4.78, 5) is 20.0. The molecule has 9 nitrogen and oxygen atoms in total. The highest BCUT2D eigenvalue weighted by atomic mass is 35.5. The summed E-state index contributed by atoms with van der Waals surface area (Å²) in [6.07, 6.45) is 1.69. The van der Waals surface area contributed by atoms with Gasteiger partial charge in [-0.15, -0.1) is 0 Å². The van der Waals surface area contributed by atoms with Crippen molar-refractivity contribution in [1.29, 1.82) is 5.41 Å². The number of hydrogen-bond donors (Lipinski definition) is 4. The van der Waals surface area contributed by atoms with E-state index in [2.05, 4.69) is 16.9 Å². The van der Waals surface area contributed by atoms with Gasteiger partial charge in [0, 0.05) is 30.9 Å². The van der Waals surface area contributed by atoms with Crippen LogP contribution in [0.1, 0.15) is 36.8 Å². The zero-order chi connectivity index (χ0) is 30.5. The summed E-state index contributed by atoms with van der Waals surface area (Å²) in [5, 5.41) is 33.0. The second kappa shape index (κ2) is 11.2. The third-order valence-corrected chi connectivity index (χ3v) is 7.96. The van der Waals surface area contributed by atoms with Gasteiger partial charge in [0.05, 0.1) is 45.4 Å². The van der Waals surface area contributed by atoms with Crippen LogP contribution in [0.2, 0.25) is 5.02 Å². The van der Waals surface area contributed by atoms with Gasteiger partial charge in [0.1, 0.15) is 24.0 Å². The predicted molar refractivity (Wildman–Crippen MR) is 156 cm³/mol. The van der Waals surface area contributed by atoms with Crippen LogP contribution in [0.5, 0.6) is 11.5 Å². The lowest BCUT2D eigenvalue weighted by Crippen LogP contribution is -2.61. The molecule has 2 aliphatic rings. The molecular formula is C30H30ClF2N5O4. The van der Waals surface area contributed by atoms with Crippen LogP contribution in [-0.4, -0.2) is 68.5 Å². The Bertz CT molecular complexity index is 1590. The SMILES string of the molecule is C=CC(=O)N1CC(C)N2C(=N)c3c(Nc4c(C)ccnc4C(C)O)c(F)c(-c4c(O)cccc4F)c(Cl)c3OCC2C1. The van der Waals surface area contributed by atoms with E-state index in [1.807, 2.05) is 6.92 Å². The first-order valence-electron chi connectivity index (χ1n) is 13.3. The fraction of sp³-hybridized carbons (Fsp3) is 0.300. The van der Waals surface area contributed by atoms with Crippen LogP contribution in [0.3, 0.4) is 0 Å². The minimum absolute atomic E-state index is 0.0288. The number of amides is 1. The molecule has 3 unspecified atom stereocenters. The predicted octanol–water partition coefficient (Wildman–Crippen LogP) is 5.30. The number of phenolic OH excluding ortho intramolecular Hbond substituents is 1. The van der Waals surface area contributed by atoms with Crippen molar-refractivity contribution in [2.24, 2.45) is 0 Å². The molecule has 220 valence electrons. The molecule has 5 rings (SSSR count). The van der Waals surface area contributed by atoms with Crippen molar-refractivity contribution in [2.45, 2.75) is 39.0 Å². The number of carbonyl (C=O) groups excluding carboxylic acids is 1. The molecule has 42 heavy (non-hydrogen) atoms. The molecule has 0 aliphatic carbocycles. The van der Waals surface area contributed by atoms with Crippen molar-refractivity contribution >= 4 is 34.7 Å². The van der Waals surface area contributed by atoms with Gasteiger partial charge < -0.3 is 30.1 Å². The van der Waals surface area contributed by atoms with Gasteiger partial charge >= 0.3 is 0 Å². The number of fused-ring (bicyclic) bond motifs is 2. The Hall–Kier alpha value is -4.22. The molecule has 3 atom stereocenters. The van der Waals surface area contributed by atoms with Gasteiger partial charge in [0.25, 0.3) is 0 Å². The van der Waals surface area contributed by atoms with E-state index >= 15 is 8.78 Å². The lowest BCUT2D eigenvalue weighted by Gasteiger charge is -2.45. The molecule has 12 heteroatoms. The molecular weight excluding hydrogens is 568 g/mol. The number of aryl methyl sites for hydroxylation is 1. The largest absolute Gasteiger partial charge is 0.507 e. The number of rotatable bonds is 5. The summed E-state index contributed by atoms with van der Waals surface area (Å²) in [6, 6.07) is 4.35. The van der Waals surface area contributed by atoms with Crippen LogP contribution in [0.25, 0.3) is 11.1 Å². The first-order valence-corrected chi connectivity index (χ1v) is 13.7. The number of piperazine rings is 1. The number of ether oxygens (including phenoxy) is 1. The molecule has 3 heterocycles. The zero-order valence-electron chi connectivity index (χ0n) is 23.2. The Kier molecular flexibility index (Phi) is 7.82. The second-order valence-electron chi connectivity index (χ2n) is 10.4. The minimum Gasteiger partial charge on any atom is -0.507 e. The van der Waals surface area contributed by atoms with E-state index in [1.165, 1.54) is 31.3 Å². The number of amidine groups is 1. The number of hydrogen-bond acceptors (Lipinski definition) is 7. The third-order valence-electron chi connectivity index (χ3n) is 7.60. The van der Waals surface area contributed by atoms with E-state index in [-0.39, 0.29) is 70.9 Å². The Morgan fingerprint density at radius 1 is 1.26 bits per heavy atom. The molecule has 0 spiro atoms. The third kappa shape index (κ3) is 4.82. The molecule has 3 aromatic rings. The average Bonchev–Trinajstić information content (AvgIpc) is 3.09. The summed E-state index contributed by atoms with van der Waals surface area (Å²) >= 11 is 6.76. The van der Waals surface area contributed by atoms with Crippen molar-refractivity contribution in [3.63, 3.8) is 0 Å². The van der Waals surface area contributed by atoms with Gasteiger partial charge in [-0.1, -0.05) is 24.2 Å². The van der Waals surface area contributed by atoms with Gasteiger partial charge in [-0.3, -0.25) is 15.2 Å². The number of benzene rings is 2. The fourth-order valence-corrected chi connectivity index (χ4v) is 5.97. The first-order chi connectivity index (χ1) is 20.0. The fourth-order valence-electron chi connectivity index (χ4n) is 5.65. The average molecular weight is 598 g/mol. The number of carbonyl (C=O) groups is 1. The molecule has 0 bridgehead atoms. The van der Waals surface area contributed by atoms with Crippen LogP contribution in [-0.2, 0) is 4.79 Å². The van der Waals surface area contributed by atoms with E-state index < -0.39 is 40.7 Å². The van der Waals surface area contributed by atoms with Gasteiger partial charge in [0.2, 0.25) is 5.91 Å². The normalized spacial score (nSPS) is 18.9. The molecule has 1 aromatic heterocycles. The van der Waals surface area contributed by atoms with Crippen molar-refractivity contribution < 1.29 is 28.5 Å².